The predicted molar refractivity (Wildman–Crippen MR) is 405 cm³/mol. The second-order valence-corrected chi connectivity index (χ2v) is 27.0. The van der Waals surface area contributed by atoms with Crippen molar-refractivity contribution in [2.24, 2.45) is 0 Å². The summed E-state index contributed by atoms with van der Waals surface area (Å²) >= 11 is 5.58. The van der Waals surface area contributed by atoms with E-state index in [0.29, 0.717) is 50.3 Å². The first kappa shape index (κ1) is 79.5. The van der Waals surface area contributed by atoms with Crippen molar-refractivity contribution in [3.05, 3.63) is 321 Å². The van der Waals surface area contributed by atoms with Gasteiger partial charge in [-0.1, -0.05) is 42.5 Å². The zero-order chi connectivity index (χ0) is 78.9. The molecule has 6 aromatic carbocycles. The van der Waals surface area contributed by atoms with Gasteiger partial charge >= 0.3 is 25.6 Å². The Morgan fingerprint density at radius 2 is 0.873 bits per heavy atom. The molecule has 0 atom stereocenters. The maximum absolute atomic E-state index is 13.7. The third-order valence-electron chi connectivity index (χ3n) is 17.1. The smallest absolute Gasteiger partial charge is 0.399 e. The monoisotopic (exact) mass is 1690 g/mol. The van der Waals surface area contributed by atoms with Gasteiger partial charge in [0.25, 0.3) is 17.7 Å². The molecule has 0 radical (unpaired) electrons. The van der Waals surface area contributed by atoms with E-state index >= 15 is 0 Å². The second kappa shape index (κ2) is 33.5. The Morgan fingerprint density at radius 1 is 0.455 bits per heavy atom. The Hall–Kier alpha value is -11.5. The van der Waals surface area contributed by atoms with Crippen LogP contribution >= 0.6 is 38.5 Å². The van der Waals surface area contributed by atoms with Gasteiger partial charge in [-0.15, -0.1) is 0 Å². The fraction of sp³-hybridized carbons (Fsp3) is 0.114. The van der Waals surface area contributed by atoms with E-state index in [4.69, 9.17) is 9.31 Å². The fourth-order valence-corrected chi connectivity index (χ4v) is 11.8. The lowest BCUT2D eigenvalue weighted by molar-refractivity contribution is -0.138. The van der Waals surface area contributed by atoms with Crippen molar-refractivity contribution >= 4 is 102 Å². The summed E-state index contributed by atoms with van der Waals surface area (Å²) in [5.41, 5.74) is -0.279. The molecular weight excluding hydrogens is 1630 g/mol. The normalized spacial score (nSPS) is 13.0. The zero-order valence-corrected chi connectivity index (χ0v) is 61.6. The number of carbonyl (C=O) groups excluding carboxylic acids is 3. The lowest BCUT2D eigenvalue weighted by Gasteiger charge is -2.32. The number of alkyl halides is 9. The summed E-state index contributed by atoms with van der Waals surface area (Å²) in [6, 6.07) is 46.4. The first-order valence-corrected chi connectivity index (χ1v) is 34.7. The van der Waals surface area contributed by atoms with Crippen LogP contribution in [0.4, 0.5) is 69.7 Å². The Kier molecular flexibility index (Phi) is 24.2. The first-order chi connectivity index (χ1) is 52.2. The molecule has 9 heterocycles. The van der Waals surface area contributed by atoms with Crippen LogP contribution in [-0.2, 0) is 27.8 Å². The van der Waals surface area contributed by atoms with Crippen LogP contribution in [0.3, 0.4) is 0 Å². The number of hydrogen-bond donors (Lipinski definition) is 3. The number of carbonyl (C=O) groups is 3. The number of fused-ring (bicyclic) bond motifs is 3. The van der Waals surface area contributed by atoms with Gasteiger partial charge < -0.3 is 34.1 Å². The van der Waals surface area contributed by atoms with Crippen LogP contribution in [0, 0.1) is 21.2 Å². The van der Waals surface area contributed by atoms with Crippen molar-refractivity contribution in [1.82, 2.24) is 38.1 Å². The summed E-state index contributed by atoms with van der Waals surface area (Å²) < 4.78 is 181. The number of amides is 3. The van der Waals surface area contributed by atoms with Crippen molar-refractivity contribution in [1.29, 1.82) is 0 Å². The van der Waals surface area contributed by atoms with Crippen molar-refractivity contribution in [2.45, 2.75) is 57.4 Å². The van der Waals surface area contributed by atoms with Crippen LogP contribution in [0.25, 0.3) is 50.3 Å². The highest BCUT2D eigenvalue weighted by Gasteiger charge is 2.52. The quantitative estimate of drug-likeness (QED) is 0.0515. The number of nitrogens with one attached hydrogen (secondary N) is 3. The van der Waals surface area contributed by atoms with E-state index in [1.165, 1.54) is 66.7 Å². The molecule has 1 aliphatic heterocycles. The van der Waals surface area contributed by atoms with Crippen LogP contribution in [0.15, 0.2) is 267 Å². The highest BCUT2D eigenvalue weighted by atomic mass is 127. The number of imidazole rings is 3. The highest BCUT2D eigenvalue weighted by molar-refractivity contribution is 14.1. The molecule has 0 bridgehead atoms. The van der Waals surface area contributed by atoms with Crippen molar-refractivity contribution < 1.29 is 76.4 Å². The van der Waals surface area contributed by atoms with E-state index in [2.05, 4.69) is 79.4 Å². The van der Waals surface area contributed by atoms with Gasteiger partial charge in [0.1, 0.15) is 26.8 Å². The second-order valence-electron chi connectivity index (χ2n) is 25.1. The number of benzene rings is 6. The van der Waals surface area contributed by atoms with Crippen LogP contribution in [0.1, 0.15) is 75.5 Å². The Morgan fingerprint density at radius 3 is 1.30 bits per heavy atom. The van der Waals surface area contributed by atoms with Gasteiger partial charge in [0, 0.05) is 63.6 Å². The molecule has 0 saturated carbocycles. The summed E-state index contributed by atoms with van der Waals surface area (Å²) in [7, 11) is -0.917. The Labute approximate surface area is 641 Å². The fourth-order valence-electron chi connectivity index (χ4n) is 11.0. The van der Waals surface area contributed by atoms with E-state index in [1.54, 1.807) is 95.0 Å². The summed E-state index contributed by atoms with van der Waals surface area (Å²) in [5, 5.41) is 7.15. The van der Waals surface area contributed by atoms with Gasteiger partial charge in [-0.25, -0.2) is 28.1 Å². The molecule has 15 rings (SSSR count). The molecule has 3 N–H and O–H groups in total. The molecule has 16 nitrogen and oxygen atoms in total. The van der Waals surface area contributed by atoms with E-state index in [0.717, 1.165) is 74.4 Å². The van der Waals surface area contributed by atoms with Crippen molar-refractivity contribution in [3.8, 4) is 33.8 Å². The molecule has 3 amide bonds. The number of hydrogen-bond acceptors (Lipinski definition) is 10. The summed E-state index contributed by atoms with van der Waals surface area (Å²) in [4.78, 5) is 58.9. The predicted octanol–water partition coefficient (Wildman–Crippen LogP) is 20.1. The molecule has 110 heavy (non-hydrogen) atoms. The third-order valence-corrected chi connectivity index (χ3v) is 18.4. The zero-order valence-electron chi connectivity index (χ0n) is 57.8. The minimum Gasteiger partial charge on any atom is -0.399 e. The molecule has 8 aromatic heterocycles. The van der Waals surface area contributed by atoms with Crippen molar-refractivity contribution in [3.63, 3.8) is 0 Å². The molecule has 560 valence electrons. The summed E-state index contributed by atoms with van der Waals surface area (Å²) in [6.45, 7) is 7.27. The Bertz CT molecular complexity index is 5580. The molecule has 0 unspecified atom stereocenters. The number of rotatable bonds is 10. The van der Waals surface area contributed by atoms with Crippen LogP contribution in [0.2, 0.25) is 0 Å². The average Bonchev–Trinajstić information content (AvgIpc) is 1.45. The highest BCUT2D eigenvalue weighted by Crippen LogP contribution is 2.41. The number of nitrogens with zero attached hydrogens (tertiary/aromatic N) is 8. The van der Waals surface area contributed by atoms with Crippen molar-refractivity contribution in [2.75, 3.05) is 16.0 Å². The maximum Gasteiger partial charge on any atom is 0.494 e. The number of halogens is 14. The van der Waals surface area contributed by atoms with E-state index in [9.17, 15) is 67.1 Å². The van der Waals surface area contributed by atoms with E-state index in [-0.39, 0.29) is 17.1 Å². The summed E-state index contributed by atoms with van der Waals surface area (Å²) in [6.07, 6.45) is 3.11. The lowest BCUT2D eigenvalue weighted by Crippen LogP contribution is -2.41. The van der Waals surface area contributed by atoms with Gasteiger partial charge in [0.15, 0.2) is 5.82 Å². The van der Waals surface area contributed by atoms with Crippen LogP contribution in [0.5, 0.6) is 0 Å². The molecule has 1 aliphatic rings. The van der Waals surface area contributed by atoms with Crippen LogP contribution < -0.4 is 21.4 Å². The molecule has 1 saturated heterocycles. The SMILES string of the molecule is Brc1cccn2cncc12.CC1(C)OB(c2ccc(C(F)(F)F)c(C(=O)Nc3ccc(F)cc3)c2)OC1(C)C.Ic1ccccn1.O=C(Nc1ccc(F)cc1)c1cc(-c2cccn3c(-c4ccccn4)ncc23)ccc1C(F)(F)F.O=C(Nc1ccc(F)cc1)c1cc(-c2cccn3cncc23)ccc1C(F)(F)F. The van der Waals surface area contributed by atoms with Gasteiger partial charge in [-0.05, 0) is 241 Å². The van der Waals surface area contributed by atoms with E-state index < -0.39 is 105 Å². The minimum absolute atomic E-state index is 0.172. The number of pyridine rings is 5. The minimum atomic E-state index is -4.75. The van der Waals surface area contributed by atoms with Gasteiger partial charge in [-0.2, -0.15) is 39.5 Å². The largest absolute Gasteiger partial charge is 0.494 e. The number of aromatic nitrogens is 8. The third kappa shape index (κ3) is 19.3. The topological polar surface area (TPSA) is 183 Å². The molecule has 31 heteroatoms. The molecular formula is C79H58BBrF12IN11O5. The lowest BCUT2D eigenvalue weighted by atomic mass is 9.77. The average molecular weight is 1690 g/mol. The first-order valence-electron chi connectivity index (χ1n) is 32.8. The number of anilines is 3. The molecule has 0 aliphatic carbocycles. The summed E-state index contributed by atoms with van der Waals surface area (Å²) in [5.74, 6) is -3.87. The molecule has 1 fully saturated rings. The molecule has 14 aromatic rings. The van der Waals surface area contributed by atoms with Gasteiger partial charge in [0.05, 0.1) is 92.4 Å². The van der Waals surface area contributed by atoms with Gasteiger partial charge in [0.2, 0.25) is 0 Å². The Balaban J connectivity index is 0.000000148. The maximum atomic E-state index is 13.7. The molecule has 0 spiro atoms. The van der Waals surface area contributed by atoms with Gasteiger partial charge in [-0.3, -0.25) is 28.8 Å². The standard InChI is InChI=1S/C26H16F4N4O.C21H13F4N3O.C20H20BF4NO3.C7H5BrN2.C5H4IN/c27-17-7-9-18(10-8-17)33-25(35)20-14-16(6-11-21(20)26(28,29)30)19-4-3-13-34-23(19)15-32-24(34)22-5-1-2-12-31-22;22-14-4-6-15(7-5-14)27-20(29)17-10-13(3-8-18(17)21(23,24)25)16-2-1-9-28-12-26-11-19(16)28;1-18(2)19(3,4)29-21(28-18)12-5-10-16(20(23,24)25)15(11-12)17(27)26-14-8-6-13(22)7-9-14;8-6-2-1-3-10-5-9-4-7(6)10;6-5-3-1-2-4-7-5/h1-15H,(H,33,35);1-12H,(H,27,29);5-11H,1-4H3,(H,26,27);1-5H;1-4H. The van der Waals surface area contributed by atoms with E-state index in [1.807, 2.05) is 80.9 Å². The van der Waals surface area contributed by atoms with Crippen LogP contribution in [-0.4, -0.2) is 74.2 Å².